The maximum absolute atomic E-state index is 5.51. The lowest BCUT2D eigenvalue weighted by atomic mass is 10.0. The summed E-state index contributed by atoms with van der Waals surface area (Å²) in [6.45, 7) is 4.52. The van der Waals surface area contributed by atoms with Gasteiger partial charge < -0.3 is 9.47 Å². The predicted octanol–water partition coefficient (Wildman–Crippen LogP) is 3.47. The molecule has 0 aromatic heterocycles. The molecule has 0 rings (SSSR count). The molecule has 2 nitrogen and oxygen atoms in total. The van der Waals surface area contributed by atoms with Crippen molar-refractivity contribution >= 4 is 10.2 Å². The van der Waals surface area contributed by atoms with Crippen LogP contribution in [0, 0.1) is 5.92 Å². The van der Waals surface area contributed by atoms with Gasteiger partial charge in [0, 0.05) is 20.1 Å². The van der Waals surface area contributed by atoms with Crippen molar-refractivity contribution in [3.63, 3.8) is 0 Å². The third kappa shape index (κ3) is 7.55. The largest absolute Gasteiger partial charge is 0.358 e. The van der Waals surface area contributed by atoms with E-state index in [0.717, 1.165) is 10.2 Å². The summed E-state index contributed by atoms with van der Waals surface area (Å²) in [5, 5.41) is 0. The Morgan fingerprint density at radius 2 is 1.33 bits per heavy atom. The highest BCUT2D eigenvalue weighted by Gasteiger charge is 2.29. The van der Waals surface area contributed by atoms with Crippen LogP contribution in [0.3, 0.4) is 0 Å². The van der Waals surface area contributed by atoms with Gasteiger partial charge in [0.25, 0.3) is 0 Å². The molecule has 18 heavy (non-hydrogen) atoms. The van der Waals surface area contributed by atoms with Crippen LogP contribution in [-0.4, -0.2) is 29.9 Å². The minimum absolute atomic E-state index is 0.277. The highest BCUT2D eigenvalue weighted by molar-refractivity contribution is 6.13. The Balaban J connectivity index is 3.48. The molecular weight excluding hydrogens is 240 g/mol. The molecule has 0 aromatic carbocycles. The molecule has 0 aromatic rings. The molecule has 0 saturated heterocycles. The molecule has 0 heterocycles. The first-order chi connectivity index (χ1) is 8.60. The van der Waals surface area contributed by atoms with E-state index in [-0.39, 0.29) is 5.41 Å². The quantitative estimate of drug-likeness (QED) is 0.308. The minimum Gasteiger partial charge on any atom is -0.358 e. The van der Waals surface area contributed by atoms with E-state index in [2.05, 4.69) is 13.8 Å². The van der Waals surface area contributed by atoms with Crippen LogP contribution in [0.2, 0.25) is 0 Å². The molecule has 1 atom stereocenters. The van der Waals surface area contributed by atoms with Gasteiger partial charge in [-0.25, -0.2) is 0 Å². The van der Waals surface area contributed by atoms with Crippen molar-refractivity contribution in [3.8, 4) is 0 Å². The van der Waals surface area contributed by atoms with Crippen LogP contribution in [0.5, 0.6) is 0 Å². The van der Waals surface area contributed by atoms with Crippen LogP contribution in [0.25, 0.3) is 0 Å². The van der Waals surface area contributed by atoms with Crippen LogP contribution in [0.1, 0.15) is 71.6 Å². The van der Waals surface area contributed by atoms with Crippen molar-refractivity contribution < 1.29 is 9.47 Å². The maximum Gasteiger partial charge on any atom is 0.143 e. The van der Waals surface area contributed by atoms with E-state index >= 15 is 0 Å². The molecule has 0 aliphatic carbocycles. The summed E-state index contributed by atoms with van der Waals surface area (Å²) in [6, 6.07) is 0. The minimum atomic E-state index is -0.277. The molecular formula is C15H34O2Si. The Morgan fingerprint density at radius 3 is 1.78 bits per heavy atom. The topological polar surface area (TPSA) is 18.5 Å². The molecule has 0 aliphatic heterocycles. The summed E-state index contributed by atoms with van der Waals surface area (Å²) >= 11 is 0. The van der Waals surface area contributed by atoms with Gasteiger partial charge in [-0.3, -0.25) is 0 Å². The van der Waals surface area contributed by atoms with E-state index in [9.17, 15) is 0 Å². The summed E-state index contributed by atoms with van der Waals surface area (Å²) in [5.74, 6) is 0.513. The summed E-state index contributed by atoms with van der Waals surface area (Å²) in [7, 11) is 4.46. The fourth-order valence-electron chi connectivity index (χ4n) is 2.33. The fraction of sp³-hybridized carbons (Fsp3) is 1.00. The Morgan fingerprint density at radius 1 is 0.889 bits per heavy atom. The molecule has 0 fully saturated rings. The highest BCUT2D eigenvalue weighted by atomic mass is 28.1. The van der Waals surface area contributed by atoms with Gasteiger partial charge in [-0.1, -0.05) is 65.2 Å². The summed E-state index contributed by atoms with van der Waals surface area (Å²) < 4.78 is 11.0. The maximum atomic E-state index is 5.51. The SMILES string of the molecule is CCCCCCCCCCC(C)C([SiH3])(OC)OC. The van der Waals surface area contributed by atoms with Crippen LogP contribution in [-0.2, 0) is 9.47 Å². The molecule has 0 bridgehead atoms. The zero-order valence-corrected chi connectivity index (χ0v) is 15.3. The number of hydrogen-bond acceptors (Lipinski definition) is 2. The summed E-state index contributed by atoms with van der Waals surface area (Å²) in [6.07, 6.45) is 12.3. The summed E-state index contributed by atoms with van der Waals surface area (Å²) in [4.78, 5) is 0. The van der Waals surface area contributed by atoms with Crippen molar-refractivity contribution in [1.29, 1.82) is 0 Å². The molecule has 0 saturated carbocycles. The van der Waals surface area contributed by atoms with Crippen LogP contribution >= 0.6 is 0 Å². The van der Waals surface area contributed by atoms with Gasteiger partial charge >= 0.3 is 0 Å². The second kappa shape index (κ2) is 11.0. The molecule has 0 radical (unpaired) electrons. The first kappa shape index (κ1) is 18.1. The Kier molecular flexibility index (Phi) is 11.1. The average molecular weight is 275 g/mol. The number of ether oxygens (including phenoxy) is 2. The van der Waals surface area contributed by atoms with Gasteiger partial charge in [0.15, 0.2) is 0 Å². The lowest BCUT2D eigenvalue weighted by molar-refractivity contribution is -0.174. The van der Waals surface area contributed by atoms with Crippen molar-refractivity contribution in [2.45, 2.75) is 77.0 Å². The number of methoxy groups -OCH3 is 2. The second-order valence-electron chi connectivity index (χ2n) is 5.59. The standard InChI is InChI=1S/C15H34O2Si/c1-5-6-7-8-9-10-11-12-13-14(2)15(18,16-3)17-4/h14H,5-13H2,1-4,18H3. The van der Waals surface area contributed by atoms with Crippen molar-refractivity contribution in [3.05, 3.63) is 0 Å². The molecule has 0 aliphatic rings. The van der Waals surface area contributed by atoms with E-state index in [0.29, 0.717) is 5.92 Å². The second-order valence-corrected chi connectivity index (χ2v) is 6.98. The first-order valence-corrected chi connectivity index (χ1v) is 8.71. The van der Waals surface area contributed by atoms with Gasteiger partial charge in [0.05, 0.1) is 10.2 Å². The smallest absolute Gasteiger partial charge is 0.143 e. The highest BCUT2D eigenvalue weighted by Crippen LogP contribution is 2.24. The average Bonchev–Trinajstić information content (AvgIpc) is 2.40. The van der Waals surface area contributed by atoms with Gasteiger partial charge in [-0.2, -0.15) is 0 Å². The van der Waals surface area contributed by atoms with Crippen molar-refractivity contribution in [1.82, 2.24) is 0 Å². The third-order valence-electron chi connectivity index (χ3n) is 4.20. The fourth-order valence-corrected chi connectivity index (χ4v) is 2.62. The monoisotopic (exact) mass is 274 g/mol. The number of rotatable bonds is 12. The van der Waals surface area contributed by atoms with Gasteiger partial charge in [0.1, 0.15) is 5.41 Å². The number of unbranched alkanes of at least 4 members (excludes halogenated alkanes) is 7. The summed E-state index contributed by atoms with van der Waals surface area (Å²) in [5.41, 5.74) is -0.277. The Hall–Kier alpha value is 0.137. The molecule has 0 amide bonds. The van der Waals surface area contributed by atoms with Gasteiger partial charge in [0.2, 0.25) is 0 Å². The molecule has 0 N–H and O–H groups in total. The zero-order valence-electron chi connectivity index (χ0n) is 13.3. The van der Waals surface area contributed by atoms with Crippen molar-refractivity contribution in [2.75, 3.05) is 14.2 Å². The van der Waals surface area contributed by atoms with E-state index in [1.165, 1.54) is 57.8 Å². The Labute approximate surface area is 117 Å². The van der Waals surface area contributed by atoms with E-state index < -0.39 is 0 Å². The van der Waals surface area contributed by atoms with Gasteiger partial charge in [-0.05, 0) is 6.42 Å². The molecule has 1 unspecified atom stereocenters. The first-order valence-electron chi connectivity index (χ1n) is 7.71. The lowest BCUT2D eigenvalue weighted by Gasteiger charge is -2.33. The van der Waals surface area contributed by atoms with E-state index in [4.69, 9.17) is 9.47 Å². The van der Waals surface area contributed by atoms with Crippen LogP contribution < -0.4 is 0 Å². The normalized spacial score (nSPS) is 14.0. The molecule has 0 spiro atoms. The Bertz CT molecular complexity index is 181. The predicted molar refractivity (Wildman–Crippen MR) is 83.1 cm³/mol. The van der Waals surface area contributed by atoms with Crippen LogP contribution in [0.4, 0.5) is 0 Å². The van der Waals surface area contributed by atoms with Crippen LogP contribution in [0.15, 0.2) is 0 Å². The van der Waals surface area contributed by atoms with E-state index in [1.54, 1.807) is 14.2 Å². The third-order valence-corrected chi connectivity index (χ3v) is 6.00. The van der Waals surface area contributed by atoms with E-state index in [1.807, 2.05) is 0 Å². The lowest BCUT2D eigenvalue weighted by Crippen LogP contribution is -2.41. The zero-order chi connectivity index (χ0) is 13.9. The molecule has 3 heteroatoms. The van der Waals surface area contributed by atoms with Crippen molar-refractivity contribution in [2.24, 2.45) is 5.92 Å². The number of hydrogen-bond donors (Lipinski definition) is 0. The molecule has 110 valence electrons. The van der Waals surface area contributed by atoms with Gasteiger partial charge in [-0.15, -0.1) is 0 Å².